The Morgan fingerprint density at radius 3 is 1.50 bits per heavy atom. The molecular weight excluding hydrogens is 488 g/mol. The molecule has 0 aromatic heterocycles. The van der Waals surface area contributed by atoms with E-state index in [1.54, 1.807) is 0 Å². The van der Waals surface area contributed by atoms with Gasteiger partial charge < -0.3 is 11.0 Å². The average Bonchev–Trinajstić information content (AvgIpc) is 3.35. The molecular formula is C37H36N2O. The standard InChI is InChI=1S/C37H34N2O/c1-21(2)32-26(19-30-36(3,4)33-24-13-9-7-11-22(24)15-17-28(33)38-30)35(40)27(32)20-31-37(5,6)34-25-14-10-8-12-23(25)16-18-29(34)39-31/h7-20,32,35H,1-6H3/q-2/p+2/b26-19-,27-20-. The van der Waals surface area contributed by atoms with Gasteiger partial charge in [-0.1, -0.05) is 65.8 Å². The Hall–Kier alpha value is -3.82. The molecule has 2 N–H and O–H groups in total. The second kappa shape index (κ2) is 8.59. The van der Waals surface area contributed by atoms with Gasteiger partial charge in [-0.15, -0.1) is 5.92 Å². The summed E-state index contributed by atoms with van der Waals surface area (Å²) in [6.07, 6.45) is 3.49. The van der Waals surface area contributed by atoms with Gasteiger partial charge in [-0.3, -0.25) is 0 Å². The van der Waals surface area contributed by atoms with Gasteiger partial charge in [-0.25, -0.2) is 9.98 Å². The van der Waals surface area contributed by atoms with Crippen LogP contribution in [0.1, 0.15) is 52.7 Å². The number of allylic oxidation sites excluding steroid dienone is 2. The fourth-order valence-corrected chi connectivity index (χ4v) is 7.31. The molecule has 1 fully saturated rings. The minimum absolute atomic E-state index is 0.0543. The molecule has 0 spiro atoms. The van der Waals surface area contributed by atoms with E-state index in [4.69, 9.17) is 0 Å². The molecule has 1 aliphatic carbocycles. The molecule has 1 saturated carbocycles. The van der Waals surface area contributed by atoms with Crippen LogP contribution in [-0.4, -0.2) is 17.5 Å². The van der Waals surface area contributed by atoms with Gasteiger partial charge in [-0.2, -0.15) is 13.8 Å². The normalized spacial score (nSPS) is 24.4. The third kappa shape index (κ3) is 3.47. The summed E-state index contributed by atoms with van der Waals surface area (Å²) >= 11 is 0. The molecule has 200 valence electrons. The molecule has 0 atom stereocenters. The van der Waals surface area contributed by atoms with Gasteiger partial charge in [0.25, 0.3) is 0 Å². The van der Waals surface area contributed by atoms with Crippen molar-refractivity contribution in [2.75, 3.05) is 0 Å². The molecule has 4 aromatic carbocycles. The first-order valence-corrected chi connectivity index (χ1v) is 14.3. The number of hydrogen-bond acceptors (Lipinski definition) is 1. The third-order valence-electron chi connectivity index (χ3n) is 9.46. The Kier molecular flexibility index (Phi) is 5.40. The van der Waals surface area contributed by atoms with E-state index < -0.39 is 6.10 Å². The van der Waals surface area contributed by atoms with Crippen LogP contribution in [0.3, 0.4) is 0 Å². The highest BCUT2D eigenvalue weighted by Crippen LogP contribution is 2.47. The lowest BCUT2D eigenvalue weighted by Gasteiger charge is -2.56. The summed E-state index contributed by atoms with van der Waals surface area (Å²) in [7, 11) is 0. The Morgan fingerprint density at radius 2 is 1.07 bits per heavy atom. The van der Waals surface area contributed by atoms with Crippen LogP contribution in [-0.2, 0) is 10.8 Å². The van der Waals surface area contributed by atoms with Gasteiger partial charge in [0.2, 0.25) is 11.4 Å². The lowest BCUT2D eigenvalue weighted by Crippen LogP contribution is -2.66. The summed E-state index contributed by atoms with van der Waals surface area (Å²) in [5.41, 5.74) is 8.57. The zero-order chi connectivity index (χ0) is 28.0. The first-order chi connectivity index (χ1) is 19.1. The minimum Gasteiger partial charge on any atom is -0.846 e. The maximum absolute atomic E-state index is 13.9. The molecule has 4 aromatic rings. The van der Waals surface area contributed by atoms with Gasteiger partial charge >= 0.3 is 0 Å². The van der Waals surface area contributed by atoms with Crippen molar-refractivity contribution in [3.8, 4) is 0 Å². The fraction of sp³-hybridized carbons (Fsp3) is 0.270. The smallest absolute Gasteiger partial charge is 0.208 e. The Labute approximate surface area is 236 Å². The van der Waals surface area contributed by atoms with Crippen LogP contribution in [0.5, 0.6) is 0 Å². The van der Waals surface area contributed by atoms with Crippen LogP contribution in [0.2, 0.25) is 0 Å². The van der Waals surface area contributed by atoms with Gasteiger partial charge in [0, 0.05) is 35.4 Å². The average molecular weight is 525 g/mol. The highest BCUT2D eigenvalue weighted by Gasteiger charge is 2.45. The Balaban J connectivity index is 1.26. The topological polar surface area (TPSA) is 51.0 Å². The molecule has 0 bridgehead atoms. The molecule has 40 heavy (non-hydrogen) atoms. The maximum atomic E-state index is 13.9. The van der Waals surface area contributed by atoms with Crippen molar-refractivity contribution in [3.63, 3.8) is 0 Å². The van der Waals surface area contributed by atoms with E-state index in [2.05, 4.69) is 136 Å². The van der Waals surface area contributed by atoms with E-state index >= 15 is 0 Å². The predicted molar refractivity (Wildman–Crippen MR) is 163 cm³/mol. The van der Waals surface area contributed by atoms with Crippen LogP contribution >= 0.6 is 0 Å². The van der Waals surface area contributed by atoms with Crippen LogP contribution < -0.4 is 15.1 Å². The summed E-state index contributed by atoms with van der Waals surface area (Å²) in [5, 5.41) is 18.9. The highest BCUT2D eigenvalue weighted by molar-refractivity contribution is 6.09. The summed E-state index contributed by atoms with van der Waals surface area (Å²) in [4.78, 5) is 7.36. The molecule has 3 heteroatoms. The van der Waals surface area contributed by atoms with E-state index in [1.807, 2.05) is 0 Å². The highest BCUT2D eigenvalue weighted by atomic mass is 16.3. The second-order valence-corrected chi connectivity index (χ2v) is 12.9. The second-order valence-electron chi connectivity index (χ2n) is 12.9. The largest absolute Gasteiger partial charge is 0.846 e. The SMILES string of the molecule is C[C-](C)C1/C(=C/C2=[NH+]c3ccc4ccccc4c3C2(C)C)C([O-])/C1=C\C1=[NH+]c2ccc3ccccc3c2C1(C)C. The molecule has 2 heterocycles. The van der Waals surface area contributed by atoms with Gasteiger partial charge in [-0.05, 0) is 61.4 Å². The van der Waals surface area contributed by atoms with Crippen LogP contribution in [0.25, 0.3) is 21.5 Å². The zero-order valence-electron chi connectivity index (χ0n) is 24.1. The molecule has 2 aliphatic heterocycles. The van der Waals surface area contributed by atoms with Gasteiger partial charge in [0.15, 0.2) is 11.4 Å². The predicted octanol–water partition coefficient (Wildman–Crippen LogP) is 4.41. The van der Waals surface area contributed by atoms with Crippen molar-refractivity contribution in [1.82, 2.24) is 0 Å². The van der Waals surface area contributed by atoms with Crippen LogP contribution in [0, 0.1) is 11.8 Å². The fourth-order valence-electron chi connectivity index (χ4n) is 7.31. The first kappa shape index (κ1) is 25.2. The minimum atomic E-state index is -0.851. The zero-order valence-corrected chi connectivity index (χ0v) is 24.1. The van der Waals surface area contributed by atoms with Crippen LogP contribution in [0.15, 0.2) is 96.1 Å². The molecule has 0 amide bonds. The maximum Gasteiger partial charge on any atom is 0.208 e. The van der Waals surface area contributed by atoms with Crippen molar-refractivity contribution in [2.45, 2.75) is 58.5 Å². The van der Waals surface area contributed by atoms with Crippen LogP contribution in [0.4, 0.5) is 11.4 Å². The van der Waals surface area contributed by atoms with E-state index in [0.717, 1.165) is 33.9 Å². The monoisotopic (exact) mass is 524 g/mol. The van der Waals surface area contributed by atoms with E-state index in [-0.39, 0.29) is 16.7 Å². The summed E-state index contributed by atoms with van der Waals surface area (Å²) in [5.74, 6) is 1.31. The number of fused-ring (bicyclic) bond motifs is 6. The number of hydrogen-bond donors (Lipinski definition) is 2. The molecule has 0 unspecified atom stereocenters. The van der Waals surface area contributed by atoms with Crippen molar-refractivity contribution >= 4 is 44.3 Å². The summed E-state index contributed by atoms with van der Waals surface area (Å²) < 4.78 is 0. The van der Waals surface area contributed by atoms with E-state index in [0.29, 0.717) is 0 Å². The number of rotatable bonds is 3. The van der Waals surface area contributed by atoms with Crippen molar-refractivity contribution in [1.29, 1.82) is 0 Å². The number of nitrogens with one attached hydrogen (secondary N) is 2. The quantitative estimate of drug-likeness (QED) is 0.384. The van der Waals surface area contributed by atoms with Crippen molar-refractivity contribution in [3.05, 3.63) is 113 Å². The lowest BCUT2D eigenvalue weighted by atomic mass is 9.64. The Morgan fingerprint density at radius 1 is 0.650 bits per heavy atom. The molecule has 0 radical (unpaired) electrons. The summed E-state index contributed by atoms with van der Waals surface area (Å²) in [6.45, 7) is 13.4. The molecule has 0 saturated heterocycles. The first-order valence-electron chi connectivity index (χ1n) is 14.3. The number of benzene rings is 4. The Bertz CT molecular complexity index is 1720. The van der Waals surface area contributed by atoms with Crippen molar-refractivity contribution in [2.24, 2.45) is 5.92 Å². The molecule has 7 rings (SSSR count). The molecule has 3 nitrogen and oxygen atoms in total. The van der Waals surface area contributed by atoms with Crippen molar-refractivity contribution < 1.29 is 15.1 Å². The van der Waals surface area contributed by atoms with E-state index in [9.17, 15) is 5.11 Å². The lowest BCUT2D eigenvalue weighted by molar-refractivity contribution is -0.406. The molecule has 3 aliphatic rings. The third-order valence-corrected chi connectivity index (χ3v) is 9.46. The van der Waals surface area contributed by atoms with Gasteiger partial charge in [0.1, 0.15) is 0 Å². The summed E-state index contributed by atoms with van der Waals surface area (Å²) in [6, 6.07) is 25.8. The van der Waals surface area contributed by atoms with E-state index in [1.165, 1.54) is 38.6 Å². The van der Waals surface area contributed by atoms with Gasteiger partial charge in [0.05, 0.1) is 10.8 Å².